The van der Waals surface area contributed by atoms with E-state index in [-0.39, 0.29) is 37.2 Å². The molecule has 0 atom stereocenters. The first-order valence-corrected chi connectivity index (χ1v) is 10.8. The maximum atomic E-state index is 11.8. The third-order valence-electron chi connectivity index (χ3n) is 4.89. The van der Waals surface area contributed by atoms with Crippen LogP contribution in [0.15, 0.2) is 36.4 Å². The van der Waals surface area contributed by atoms with Crippen molar-refractivity contribution >= 4 is 24.2 Å². The van der Waals surface area contributed by atoms with Crippen LogP contribution in [0.5, 0.6) is 0 Å². The van der Waals surface area contributed by atoms with Gasteiger partial charge in [0.25, 0.3) is 0 Å². The lowest BCUT2D eigenvalue weighted by Gasteiger charge is -2.06. The summed E-state index contributed by atoms with van der Waals surface area (Å²) in [5, 5.41) is 8.25. The first kappa shape index (κ1) is 28.1. The molecule has 2 rings (SSSR count). The number of unbranched alkanes of at least 4 members (excludes halogenated alkanes) is 1. The lowest BCUT2D eigenvalue weighted by molar-refractivity contribution is -0.452. The average molecular weight is 506 g/mol. The highest BCUT2D eigenvalue weighted by atomic mass is 17.5. The van der Waals surface area contributed by atoms with Crippen LogP contribution in [0.4, 0.5) is 9.59 Å². The van der Waals surface area contributed by atoms with Crippen LogP contribution in [-0.2, 0) is 39.1 Å². The Kier molecular flexibility index (Phi) is 11.1. The summed E-state index contributed by atoms with van der Waals surface area (Å²) in [5.74, 6) is -1.70. The third kappa shape index (κ3) is 9.60. The highest BCUT2D eigenvalue weighted by Gasteiger charge is 2.14. The van der Waals surface area contributed by atoms with Crippen molar-refractivity contribution in [3.05, 3.63) is 69.8 Å². The van der Waals surface area contributed by atoms with Gasteiger partial charge in [-0.1, -0.05) is 12.1 Å². The molecular formula is C24H26O12. The van der Waals surface area contributed by atoms with Crippen molar-refractivity contribution in [3.63, 3.8) is 0 Å². The van der Waals surface area contributed by atoms with Crippen LogP contribution in [0.25, 0.3) is 0 Å². The Morgan fingerprint density at radius 3 is 1.31 bits per heavy atom. The number of benzene rings is 2. The standard InChI is InChI=1S/C24H26O12/c1-15-7-9-19(13-17(15)3)21(25)31-35-33-23(27)29-11-5-6-12-30-24(28)34-36-32-22(26)20-10-8-16(2)18(4)14-20/h7-10,13-14H,5-6,11-12H2,1-4H3. The van der Waals surface area contributed by atoms with Crippen LogP contribution in [0.3, 0.4) is 0 Å². The molecule has 2 aromatic rings. The molecule has 0 aromatic heterocycles. The van der Waals surface area contributed by atoms with E-state index in [0.29, 0.717) is 0 Å². The third-order valence-corrected chi connectivity index (χ3v) is 4.89. The van der Waals surface area contributed by atoms with E-state index in [1.165, 1.54) is 12.1 Å². The SMILES string of the molecule is Cc1ccc(C(=O)OOOC(=O)OCCCCOC(=O)OOOC(=O)c2ccc(C)c(C)c2)cc1C. The highest BCUT2D eigenvalue weighted by Crippen LogP contribution is 2.12. The molecule has 0 bridgehead atoms. The molecule has 194 valence electrons. The molecule has 0 amide bonds. The van der Waals surface area contributed by atoms with E-state index < -0.39 is 24.2 Å². The molecule has 0 saturated heterocycles. The van der Waals surface area contributed by atoms with Crippen molar-refractivity contribution in [1.29, 1.82) is 0 Å². The molecule has 0 unspecified atom stereocenters. The zero-order chi connectivity index (χ0) is 26.5. The van der Waals surface area contributed by atoms with Gasteiger partial charge in [0.2, 0.25) is 0 Å². The number of hydrogen-bond donors (Lipinski definition) is 0. The molecule has 12 nitrogen and oxygen atoms in total. The minimum atomic E-state index is -1.23. The summed E-state index contributed by atoms with van der Waals surface area (Å²) in [6.45, 7) is 7.23. The van der Waals surface area contributed by atoms with Crippen molar-refractivity contribution in [2.45, 2.75) is 40.5 Å². The van der Waals surface area contributed by atoms with Gasteiger partial charge in [0.15, 0.2) is 0 Å². The second kappa shape index (κ2) is 14.3. The van der Waals surface area contributed by atoms with Gasteiger partial charge < -0.3 is 9.47 Å². The molecule has 12 heteroatoms. The largest absolute Gasteiger partial charge is 0.543 e. The molecule has 0 aliphatic carbocycles. The number of carbonyl (C=O) groups is 4. The van der Waals surface area contributed by atoms with Crippen molar-refractivity contribution < 1.29 is 58.3 Å². The summed E-state index contributed by atoms with van der Waals surface area (Å²) in [4.78, 5) is 63.5. The van der Waals surface area contributed by atoms with Crippen LogP contribution < -0.4 is 0 Å². The number of ether oxygens (including phenoxy) is 2. The topological polar surface area (TPSA) is 142 Å². The number of carbonyl (C=O) groups excluding carboxylic acids is 4. The van der Waals surface area contributed by atoms with E-state index >= 15 is 0 Å². The van der Waals surface area contributed by atoms with E-state index in [0.717, 1.165) is 22.3 Å². The fraction of sp³-hybridized carbons (Fsp3) is 0.333. The molecule has 0 N–H and O–H groups in total. The molecule has 36 heavy (non-hydrogen) atoms. The van der Waals surface area contributed by atoms with Crippen molar-refractivity contribution in [1.82, 2.24) is 0 Å². The van der Waals surface area contributed by atoms with Gasteiger partial charge in [-0.15, -0.1) is 0 Å². The van der Waals surface area contributed by atoms with Crippen molar-refractivity contribution in [2.24, 2.45) is 0 Å². The van der Waals surface area contributed by atoms with Gasteiger partial charge >= 0.3 is 24.2 Å². The van der Waals surface area contributed by atoms with Crippen molar-refractivity contribution in [2.75, 3.05) is 13.2 Å². The van der Waals surface area contributed by atoms with E-state index in [9.17, 15) is 19.2 Å². The molecular weight excluding hydrogens is 480 g/mol. The fourth-order valence-corrected chi connectivity index (χ4v) is 2.55. The van der Waals surface area contributed by atoms with Crippen LogP contribution in [0.1, 0.15) is 55.8 Å². The second-order valence-corrected chi connectivity index (χ2v) is 7.55. The Morgan fingerprint density at radius 2 is 0.944 bits per heavy atom. The highest BCUT2D eigenvalue weighted by molar-refractivity contribution is 5.89. The molecule has 0 aliphatic heterocycles. The van der Waals surface area contributed by atoms with Gasteiger partial charge in [-0.05, 0) is 87.1 Å². The number of aryl methyl sites for hydroxylation is 4. The Bertz CT molecular complexity index is 993. The Balaban J connectivity index is 1.48. The smallest absolute Gasteiger partial charge is 0.432 e. The summed E-state index contributed by atoms with van der Waals surface area (Å²) < 4.78 is 9.38. The molecule has 0 radical (unpaired) electrons. The fourth-order valence-electron chi connectivity index (χ4n) is 2.55. The van der Waals surface area contributed by atoms with Gasteiger partial charge in [0, 0.05) is 0 Å². The second-order valence-electron chi connectivity index (χ2n) is 7.55. The molecule has 0 saturated carbocycles. The summed E-state index contributed by atoms with van der Waals surface area (Å²) in [7, 11) is 0. The zero-order valence-corrected chi connectivity index (χ0v) is 20.2. The zero-order valence-electron chi connectivity index (χ0n) is 20.2. The summed E-state index contributed by atoms with van der Waals surface area (Å²) >= 11 is 0. The van der Waals surface area contributed by atoms with Crippen LogP contribution in [0.2, 0.25) is 0 Å². The molecule has 0 heterocycles. The molecule has 0 spiro atoms. The van der Waals surface area contributed by atoms with Gasteiger partial charge in [-0.25, -0.2) is 29.0 Å². The minimum Gasteiger partial charge on any atom is -0.432 e. The quantitative estimate of drug-likeness (QED) is 0.180. The van der Waals surface area contributed by atoms with Crippen LogP contribution >= 0.6 is 0 Å². The summed E-state index contributed by atoms with van der Waals surface area (Å²) in [6.07, 6.45) is -1.90. The minimum absolute atomic E-state index is 0.101. The monoisotopic (exact) mass is 506 g/mol. The van der Waals surface area contributed by atoms with E-state index in [1.54, 1.807) is 24.3 Å². The first-order valence-electron chi connectivity index (χ1n) is 10.8. The average Bonchev–Trinajstić information content (AvgIpc) is 2.84. The molecule has 0 fully saturated rings. The van der Waals surface area contributed by atoms with E-state index in [2.05, 4.69) is 39.1 Å². The van der Waals surface area contributed by atoms with E-state index in [4.69, 9.17) is 0 Å². The van der Waals surface area contributed by atoms with Crippen LogP contribution in [-0.4, -0.2) is 37.5 Å². The van der Waals surface area contributed by atoms with Gasteiger partial charge in [0.1, 0.15) is 0 Å². The predicted octanol–water partition coefficient (Wildman–Crippen LogP) is 4.71. The van der Waals surface area contributed by atoms with Gasteiger partial charge in [0.05, 0.1) is 34.4 Å². The van der Waals surface area contributed by atoms with Gasteiger partial charge in [-0.3, -0.25) is 9.78 Å². The van der Waals surface area contributed by atoms with Crippen molar-refractivity contribution in [3.8, 4) is 0 Å². The first-order chi connectivity index (χ1) is 17.2. The normalized spacial score (nSPS) is 10.2. The summed E-state index contributed by atoms with van der Waals surface area (Å²) in [5.41, 5.74) is 4.20. The Hall–Kier alpha value is -4.16. The van der Waals surface area contributed by atoms with Crippen LogP contribution in [0, 0.1) is 27.7 Å². The lowest BCUT2D eigenvalue weighted by Crippen LogP contribution is -2.14. The lowest BCUT2D eigenvalue weighted by atomic mass is 10.1. The molecule has 0 aliphatic rings. The Morgan fingerprint density at radius 1 is 0.556 bits per heavy atom. The molecule has 2 aromatic carbocycles. The Labute approximate surface area is 206 Å². The number of rotatable bonds is 11. The predicted molar refractivity (Wildman–Crippen MR) is 119 cm³/mol. The maximum Gasteiger partial charge on any atom is 0.543 e. The maximum absolute atomic E-state index is 11.8. The van der Waals surface area contributed by atoms with Gasteiger partial charge in [-0.2, -0.15) is 0 Å². The summed E-state index contributed by atoms with van der Waals surface area (Å²) in [6, 6.07) is 9.74. The number of hydrogen-bond acceptors (Lipinski definition) is 12. The van der Waals surface area contributed by atoms with E-state index in [1.807, 2.05) is 27.7 Å².